The Bertz CT molecular complexity index is 614. The number of ketones is 1. The first-order valence-electron chi connectivity index (χ1n) is 6.90. The lowest BCUT2D eigenvalue weighted by atomic mass is 10.1. The van der Waals surface area contributed by atoms with Gasteiger partial charge in [0, 0.05) is 9.26 Å². The highest BCUT2D eigenvalue weighted by molar-refractivity contribution is 14.1. The van der Waals surface area contributed by atoms with Crippen LogP contribution in [-0.2, 0) is 19.4 Å². The minimum Gasteiger partial charge on any atom is -0.294 e. The molecule has 1 aromatic heterocycles. The van der Waals surface area contributed by atoms with Gasteiger partial charge in [0.2, 0.25) is 0 Å². The zero-order valence-electron chi connectivity index (χ0n) is 12.1. The Kier molecular flexibility index (Phi) is 4.96. The van der Waals surface area contributed by atoms with Crippen molar-refractivity contribution in [1.29, 1.82) is 0 Å². The van der Waals surface area contributed by atoms with Gasteiger partial charge in [0.15, 0.2) is 5.78 Å². The SMILES string of the molecule is CCc1nn(Cc2ccc(I)cc2)c(CC)c1C(C)=O. The van der Waals surface area contributed by atoms with Crippen molar-refractivity contribution in [3.8, 4) is 0 Å². The summed E-state index contributed by atoms with van der Waals surface area (Å²) in [6.45, 7) is 6.47. The van der Waals surface area contributed by atoms with Gasteiger partial charge < -0.3 is 0 Å². The quantitative estimate of drug-likeness (QED) is 0.582. The molecule has 0 aliphatic carbocycles. The fourth-order valence-electron chi connectivity index (χ4n) is 2.46. The van der Waals surface area contributed by atoms with Gasteiger partial charge >= 0.3 is 0 Å². The third-order valence-corrected chi connectivity index (χ3v) is 4.12. The molecular weight excluding hydrogens is 363 g/mol. The topological polar surface area (TPSA) is 34.9 Å². The van der Waals surface area contributed by atoms with Gasteiger partial charge in [-0.1, -0.05) is 26.0 Å². The summed E-state index contributed by atoms with van der Waals surface area (Å²) in [6, 6.07) is 8.42. The number of carbonyl (C=O) groups excluding carboxylic acids is 1. The highest BCUT2D eigenvalue weighted by Gasteiger charge is 2.18. The third-order valence-electron chi connectivity index (χ3n) is 3.40. The number of hydrogen-bond donors (Lipinski definition) is 0. The number of Topliss-reactive ketones (excluding diaryl/α,β-unsaturated/α-hetero) is 1. The molecule has 1 heterocycles. The van der Waals surface area contributed by atoms with Crippen LogP contribution in [0.15, 0.2) is 24.3 Å². The van der Waals surface area contributed by atoms with E-state index in [4.69, 9.17) is 0 Å². The lowest BCUT2D eigenvalue weighted by Crippen LogP contribution is -2.07. The maximum absolute atomic E-state index is 11.9. The van der Waals surface area contributed by atoms with Gasteiger partial charge in [-0.25, -0.2) is 0 Å². The van der Waals surface area contributed by atoms with Crippen molar-refractivity contribution in [2.24, 2.45) is 0 Å². The Morgan fingerprint density at radius 3 is 2.35 bits per heavy atom. The first-order chi connectivity index (χ1) is 9.56. The van der Waals surface area contributed by atoms with E-state index in [2.05, 4.69) is 58.9 Å². The predicted octanol–water partition coefficient (Wildman–Crippen LogP) is 3.86. The van der Waals surface area contributed by atoms with Crippen LogP contribution in [0, 0.1) is 3.57 Å². The number of hydrogen-bond acceptors (Lipinski definition) is 2. The van der Waals surface area contributed by atoms with E-state index >= 15 is 0 Å². The molecule has 0 fully saturated rings. The molecule has 20 heavy (non-hydrogen) atoms. The average molecular weight is 382 g/mol. The fourth-order valence-corrected chi connectivity index (χ4v) is 2.82. The van der Waals surface area contributed by atoms with Gasteiger partial charge in [-0.3, -0.25) is 9.48 Å². The maximum Gasteiger partial charge on any atom is 0.163 e. The Hall–Kier alpha value is -1.17. The van der Waals surface area contributed by atoms with Gasteiger partial charge in [0.25, 0.3) is 0 Å². The van der Waals surface area contributed by atoms with Gasteiger partial charge in [0.05, 0.1) is 17.8 Å². The summed E-state index contributed by atoms with van der Waals surface area (Å²) in [6.07, 6.45) is 1.62. The Morgan fingerprint density at radius 2 is 1.85 bits per heavy atom. The van der Waals surface area contributed by atoms with Crippen LogP contribution in [0.4, 0.5) is 0 Å². The van der Waals surface area contributed by atoms with Crippen molar-refractivity contribution in [2.45, 2.75) is 40.2 Å². The van der Waals surface area contributed by atoms with E-state index in [-0.39, 0.29) is 5.78 Å². The van der Waals surface area contributed by atoms with Crippen LogP contribution < -0.4 is 0 Å². The minimum absolute atomic E-state index is 0.118. The molecule has 1 aromatic carbocycles. The second kappa shape index (κ2) is 6.52. The number of halogens is 1. The van der Waals surface area contributed by atoms with Crippen LogP contribution >= 0.6 is 22.6 Å². The number of aromatic nitrogens is 2. The summed E-state index contributed by atoms with van der Waals surface area (Å²) < 4.78 is 3.21. The van der Waals surface area contributed by atoms with Crippen LogP contribution in [0.3, 0.4) is 0 Å². The standard InChI is InChI=1S/C16H19IN2O/c1-4-14-16(11(3)20)15(5-2)19(18-14)10-12-6-8-13(17)9-7-12/h6-9H,4-5,10H2,1-3H3. The van der Waals surface area contributed by atoms with Crippen LogP contribution in [0.5, 0.6) is 0 Å². The molecule has 0 amide bonds. The average Bonchev–Trinajstić information content (AvgIpc) is 2.79. The summed E-state index contributed by atoms with van der Waals surface area (Å²) in [5.74, 6) is 0.118. The molecule has 0 atom stereocenters. The van der Waals surface area contributed by atoms with Crippen LogP contribution in [0.25, 0.3) is 0 Å². The molecule has 0 N–H and O–H groups in total. The fraction of sp³-hybridized carbons (Fsp3) is 0.375. The Labute approximate surface area is 133 Å². The van der Waals surface area contributed by atoms with Crippen molar-refractivity contribution >= 4 is 28.4 Å². The van der Waals surface area contributed by atoms with E-state index in [1.54, 1.807) is 6.92 Å². The van der Waals surface area contributed by atoms with Gasteiger partial charge in [-0.2, -0.15) is 5.10 Å². The summed E-state index contributed by atoms with van der Waals surface area (Å²) in [4.78, 5) is 11.9. The second-order valence-electron chi connectivity index (χ2n) is 4.82. The summed E-state index contributed by atoms with van der Waals surface area (Å²) >= 11 is 2.30. The monoisotopic (exact) mass is 382 g/mol. The molecule has 2 aromatic rings. The molecule has 4 heteroatoms. The molecule has 0 saturated heterocycles. The highest BCUT2D eigenvalue weighted by atomic mass is 127. The van der Waals surface area contributed by atoms with Crippen molar-refractivity contribution < 1.29 is 4.79 Å². The largest absolute Gasteiger partial charge is 0.294 e. The van der Waals surface area contributed by atoms with E-state index in [0.29, 0.717) is 0 Å². The molecular formula is C16H19IN2O. The number of nitrogens with zero attached hydrogens (tertiary/aromatic N) is 2. The second-order valence-corrected chi connectivity index (χ2v) is 6.06. The molecule has 2 rings (SSSR count). The lowest BCUT2D eigenvalue weighted by molar-refractivity contribution is 0.101. The van der Waals surface area contributed by atoms with Gasteiger partial charge in [0.1, 0.15) is 0 Å². The van der Waals surface area contributed by atoms with E-state index in [0.717, 1.165) is 36.3 Å². The maximum atomic E-state index is 11.9. The number of benzene rings is 1. The molecule has 0 bridgehead atoms. The number of carbonyl (C=O) groups is 1. The van der Waals surface area contributed by atoms with Crippen LogP contribution in [0.2, 0.25) is 0 Å². The van der Waals surface area contributed by atoms with Crippen LogP contribution in [0.1, 0.15) is 48.1 Å². The van der Waals surface area contributed by atoms with E-state index in [1.165, 1.54) is 9.13 Å². The van der Waals surface area contributed by atoms with Crippen molar-refractivity contribution in [3.05, 3.63) is 50.4 Å². The molecule has 0 spiro atoms. The predicted molar refractivity (Wildman–Crippen MR) is 89.2 cm³/mol. The normalized spacial score (nSPS) is 10.8. The summed E-state index contributed by atoms with van der Waals surface area (Å²) in [5.41, 5.74) is 3.99. The summed E-state index contributed by atoms with van der Waals surface area (Å²) in [5, 5.41) is 4.63. The molecule has 0 aliphatic rings. The summed E-state index contributed by atoms with van der Waals surface area (Å²) in [7, 11) is 0. The van der Waals surface area contributed by atoms with Gasteiger partial charge in [-0.05, 0) is 60.1 Å². The van der Waals surface area contributed by atoms with Gasteiger partial charge in [-0.15, -0.1) is 0 Å². The third kappa shape index (κ3) is 3.11. The van der Waals surface area contributed by atoms with Crippen molar-refractivity contribution in [3.63, 3.8) is 0 Å². The highest BCUT2D eigenvalue weighted by Crippen LogP contribution is 2.18. The van der Waals surface area contributed by atoms with Crippen LogP contribution in [-0.4, -0.2) is 15.6 Å². The van der Waals surface area contributed by atoms with Crippen molar-refractivity contribution in [2.75, 3.05) is 0 Å². The van der Waals surface area contributed by atoms with E-state index in [1.807, 2.05) is 11.6 Å². The molecule has 106 valence electrons. The minimum atomic E-state index is 0.118. The Morgan fingerprint density at radius 1 is 1.20 bits per heavy atom. The zero-order chi connectivity index (χ0) is 14.7. The first kappa shape index (κ1) is 15.2. The zero-order valence-corrected chi connectivity index (χ0v) is 14.3. The molecule has 0 radical (unpaired) electrons. The van der Waals surface area contributed by atoms with E-state index in [9.17, 15) is 4.79 Å². The first-order valence-corrected chi connectivity index (χ1v) is 7.98. The van der Waals surface area contributed by atoms with E-state index < -0.39 is 0 Å². The molecule has 3 nitrogen and oxygen atoms in total. The molecule has 0 saturated carbocycles. The number of rotatable bonds is 5. The Balaban J connectivity index is 2.41. The van der Waals surface area contributed by atoms with Crippen molar-refractivity contribution in [1.82, 2.24) is 9.78 Å². The molecule has 0 aliphatic heterocycles. The smallest absolute Gasteiger partial charge is 0.163 e. The lowest BCUT2D eigenvalue weighted by Gasteiger charge is -2.07. The number of aryl methyl sites for hydroxylation is 1. The molecule has 0 unspecified atom stereocenters.